The van der Waals surface area contributed by atoms with Gasteiger partial charge in [-0.3, -0.25) is 0 Å². The molecule has 6 nitrogen and oxygen atoms in total. The first kappa shape index (κ1) is 32.7. The van der Waals surface area contributed by atoms with Crippen LogP contribution in [0.3, 0.4) is 0 Å². The van der Waals surface area contributed by atoms with Crippen molar-refractivity contribution in [3.63, 3.8) is 0 Å². The van der Waals surface area contributed by atoms with E-state index in [1.54, 1.807) is 78.9 Å². The fraction of sp³-hybridized carbons (Fsp3) is 0.0789. The first-order valence-corrected chi connectivity index (χ1v) is 29.4. The molecule has 0 aromatic heterocycles. The highest BCUT2D eigenvalue weighted by Gasteiger charge is 2.77. The maximum atomic E-state index is 16.9. The molecule has 2 spiro atoms. The Balaban J connectivity index is 1.07. The van der Waals surface area contributed by atoms with E-state index in [1.807, 2.05) is 6.07 Å². The molecule has 6 heteroatoms. The van der Waals surface area contributed by atoms with Crippen molar-refractivity contribution in [3.8, 4) is 5.75 Å². The number of rotatable bonds is 3. The molecular formula is C76H15NO5. The first-order valence-electron chi connectivity index (χ1n) is 29.4. The Labute approximate surface area is 448 Å². The molecule has 2 heterocycles. The van der Waals surface area contributed by atoms with Crippen LogP contribution in [-0.2, 0) is 29.9 Å². The molecular weight excluding hydrogens is 1010 g/mol. The lowest BCUT2D eigenvalue weighted by Gasteiger charge is -2.63. The zero-order chi connectivity index (χ0) is 50.3. The van der Waals surface area contributed by atoms with Crippen molar-refractivity contribution in [2.24, 2.45) is 0 Å². The molecule has 0 saturated carbocycles. The summed E-state index contributed by atoms with van der Waals surface area (Å²) in [6.07, 6.45) is 4.79. The Bertz CT molecular complexity index is 7930. The van der Waals surface area contributed by atoms with Crippen LogP contribution >= 0.6 is 0 Å². The van der Waals surface area contributed by atoms with Gasteiger partial charge in [-0.1, -0.05) is 12.2 Å². The van der Waals surface area contributed by atoms with Gasteiger partial charge in [-0.2, -0.15) is 0 Å². The molecule has 6 aliphatic rings. The molecule has 4 aliphatic carbocycles. The molecule has 1 atom stereocenters. The van der Waals surface area contributed by atoms with E-state index in [0.29, 0.717) is 11.3 Å². The summed E-state index contributed by atoms with van der Waals surface area (Å²) >= 11 is 0. The number of hydrogen-bond acceptors (Lipinski definition) is 6. The number of ether oxygens (including phenoxy) is 3. The van der Waals surface area contributed by atoms with Gasteiger partial charge in [-0.05, 0) is 331 Å². The van der Waals surface area contributed by atoms with Gasteiger partial charge in [0.05, 0.1) is 43.8 Å². The average Bonchev–Trinajstić information content (AvgIpc) is 1.38. The van der Waals surface area contributed by atoms with Crippen LogP contribution in [0.5, 0.6) is 5.75 Å². The number of esters is 2. The minimum absolute atomic E-state index is 0.290. The van der Waals surface area contributed by atoms with Crippen LogP contribution in [0, 0.1) is 0 Å². The standard InChI is InChI=1S/C76H15NO5/c1-80-10-5-6-11-9(8-10)4-7-12-75-67-59-51-41-31-23-15-13-14-17-21-19(15)27-35-29(21)39-33-25(17)26-18(14)22-20-16(13)24(23)32-38-28(20)36-30(22)40-34(26)44-43(33)53-47(39)57-49(35)55(45(51)37(27)31)61(67)63(57)69-65(53)66-54(44)48(40)58-50(36)56-46(38)52(42(32)41)60(59)68(75)62(56)64(58)70(66)76(69,75)71(73(78)81-2)72(77(11)12)74(79)82-3/h4-8,12H,1-3H3. The molecule has 0 bridgehead atoms. The van der Waals surface area contributed by atoms with Crippen molar-refractivity contribution >= 4 is 315 Å². The quantitative estimate of drug-likeness (QED) is 0.130. The van der Waals surface area contributed by atoms with Crippen LogP contribution in [0.1, 0.15) is 27.8 Å². The Kier molecular flexibility index (Phi) is 3.08. The fourth-order valence-electron chi connectivity index (χ4n) is 27.3. The number of anilines is 1. The number of hydrogen-bond donors (Lipinski definition) is 0. The number of nitrogens with zero attached hydrogens (tertiary/aromatic N) is 1. The van der Waals surface area contributed by atoms with Gasteiger partial charge in [0.1, 0.15) is 11.4 Å². The predicted octanol–water partition coefficient (Wildman–Crippen LogP) is 17.8. The van der Waals surface area contributed by atoms with E-state index >= 15 is 9.59 Å². The van der Waals surface area contributed by atoms with Crippen molar-refractivity contribution in [2.75, 3.05) is 26.2 Å². The summed E-state index contributed by atoms with van der Waals surface area (Å²) in [5.74, 6) is -0.240. The van der Waals surface area contributed by atoms with Gasteiger partial charge in [0.2, 0.25) is 0 Å². The Morgan fingerprint density at radius 3 is 0.890 bits per heavy atom. The van der Waals surface area contributed by atoms with Crippen LogP contribution in [-0.4, -0.2) is 39.3 Å². The molecule has 354 valence electrons. The van der Waals surface area contributed by atoms with Crippen molar-refractivity contribution in [3.05, 3.63) is 63.4 Å². The summed E-state index contributed by atoms with van der Waals surface area (Å²) in [5, 5.41) is 80.0. The number of fused-ring (bicyclic) bond motifs is 3. The Morgan fingerprint density at radius 1 is 0.354 bits per heavy atom. The largest absolute Gasteiger partial charge is 0.497 e. The molecule has 29 aromatic carbocycles. The van der Waals surface area contributed by atoms with Crippen molar-refractivity contribution in [2.45, 2.75) is 16.9 Å². The van der Waals surface area contributed by atoms with Crippen LogP contribution in [0.25, 0.3) is 297 Å². The van der Waals surface area contributed by atoms with Gasteiger partial charge in [0.15, 0.2) is 0 Å². The van der Waals surface area contributed by atoms with Gasteiger partial charge in [0.25, 0.3) is 0 Å². The highest BCUT2D eigenvalue weighted by atomic mass is 16.5. The predicted molar refractivity (Wildman–Crippen MR) is 333 cm³/mol. The number of carbonyl (C=O) groups is 2. The average molecular weight is 1020 g/mol. The lowest BCUT2D eigenvalue weighted by Crippen LogP contribution is -2.69. The van der Waals surface area contributed by atoms with Crippen molar-refractivity contribution in [1.29, 1.82) is 0 Å². The molecule has 0 saturated heterocycles. The topological polar surface area (TPSA) is 65.1 Å². The number of carbonyl (C=O) groups excluding carboxylic acids is 2. The summed E-state index contributed by atoms with van der Waals surface area (Å²) in [6, 6.07) is 5.76. The summed E-state index contributed by atoms with van der Waals surface area (Å²) in [6.45, 7) is 0. The highest BCUT2D eigenvalue weighted by molar-refractivity contribution is 6.82. The van der Waals surface area contributed by atoms with Crippen molar-refractivity contribution in [1.82, 2.24) is 0 Å². The normalized spacial score (nSPS) is 22.3. The minimum atomic E-state index is -1.23. The Morgan fingerprint density at radius 2 is 0.622 bits per heavy atom. The zero-order valence-corrected chi connectivity index (χ0v) is 42.5. The fourth-order valence-corrected chi connectivity index (χ4v) is 27.3. The van der Waals surface area contributed by atoms with E-state index in [-0.39, 0.29) is 0 Å². The number of methoxy groups -OCH3 is 3. The smallest absolute Gasteiger partial charge is 0.355 e. The highest BCUT2D eigenvalue weighted by Crippen LogP contribution is 2.87. The third kappa shape index (κ3) is 1.84. The monoisotopic (exact) mass is 1020 g/mol. The van der Waals surface area contributed by atoms with E-state index in [4.69, 9.17) is 14.2 Å². The maximum absolute atomic E-state index is 16.9. The van der Waals surface area contributed by atoms with Gasteiger partial charge < -0.3 is 19.1 Å². The minimum Gasteiger partial charge on any atom is -0.497 e. The third-order valence-electron chi connectivity index (χ3n) is 27.7. The molecule has 35 rings (SSSR count). The summed E-state index contributed by atoms with van der Waals surface area (Å²) < 4.78 is 18.7. The van der Waals surface area contributed by atoms with Crippen molar-refractivity contribution < 1.29 is 23.8 Å². The second-order valence-corrected chi connectivity index (χ2v) is 28.1. The molecule has 0 radical (unpaired) electrons. The summed E-state index contributed by atoms with van der Waals surface area (Å²) in [5.41, 5.74) is 5.62. The van der Waals surface area contributed by atoms with E-state index in [0.717, 1.165) is 17.0 Å². The van der Waals surface area contributed by atoms with Crippen LogP contribution < -0.4 is 9.64 Å². The molecule has 0 amide bonds. The zero-order valence-electron chi connectivity index (χ0n) is 42.5. The molecule has 1 unspecified atom stereocenters. The molecule has 2 aliphatic heterocycles. The maximum Gasteiger partial charge on any atom is 0.355 e. The van der Waals surface area contributed by atoms with Crippen LogP contribution in [0.4, 0.5) is 5.69 Å². The lowest BCUT2D eigenvalue weighted by atomic mass is 9.42. The van der Waals surface area contributed by atoms with Gasteiger partial charge >= 0.3 is 11.9 Å². The Hall–Kier alpha value is -10.3. The molecule has 0 N–H and O–H groups in total. The van der Waals surface area contributed by atoms with E-state index < -0.39 is 28.8 Å². The second kappa shape index (κ2) is 7.74. The molecule has 82 heavy (non-hydrogen) atoms. The summed E-state index contributed by atoms with van der Waals surface area (Å²) in [4.78, 5) is 35.3. The van der Waals surface area contributed by atoms with Gasteiger partial charge in [-0.15, -0.1) is 0 Å². The van der Waals surface area contributed by atoms with E-state index in [1.165, 1.54) is 256 Å². The van der Waals surface area contributed by atoms with Gasteiger partial charge in [0, 0.05) is 11.3 Å². The lowest BCUT2D eigenvalue weighted by molar-refractivity contribution is -0.140. The second-order valence-electron chi connectivity index (χ2n) is 28.1. The van der Waals surface area contributed by atoms with Crippen LogP contribution in [0.2, 0.25) is 0 Å². The number of benzene rings is 19. The van der Waals surface area contributed by atoms with E-state index in [9.17, 15) is 0 Å². The molecule has 0 fully saturated rings. The van der Waals surface area contributed by atoms with E-state index in [2.05, 4.69) is 29.2 Å². The van der Waals surface area contributed by atoms with Crippen LogP contribution in [0.15, 0.2) is 35.5 Å². The summed E-state index contributed by atoms with van der Waals surface area (Å²) in [7, 11) is 4.78. The SMILES string of the molecule is COC(=O)C1=C(C(=O)OC)C23c4c5c6c7c8c9c(c%10c%11c2c2c4c4c%12c5c5c6c6c8c8c%13c9c9c%10c%10c%11c%11c2c2c4c4c%12c%12c5c5c6c8c6c8c%13c9c9c%10c%10c%11c2c2c4c4c%12c5c6c5c8c9c%10c2c45)C73C2C=Cc3cc(OC)ccc3N12. The first-order chi connectivity index (χ1) is 40.6. The third-order valence-corrected chi connectivity index (χ3v) is 27.7. The molecule has 29 aromatic rings. The van der Waals surface area contributed by atoms with Gasteiger partial charge in [-0.25, -0.2) is 9.59 Å².